The van der Waals surface area contributed by atoms with Crippen molar-refractivity contribution >= 4 is 11.8 Å². The van der Waals surface area contributed by atoms with Crippen LogP contribution in [0.15, 0.2) is 0 Å². The Hall–Kier alpha value is 0.270. The van der Waals surface area contributed by atoms with E-state index in [4.69, 9.17) is 5.73 Å². The molecule has 1 saturated carbocycles. The van der Waals surface area contributed by atoms with Gasteiger partial charge >= 0.3 is 0 Å². The van der Waals surface area contributed by atoms with Gasteiger partial charge < -0.3 is 5.73 Å². The van der Waals surface area contributed by atoms with E-state index >= 15 is 0 Å². The molecule has 3 heteroatoms. The fourth-order valence-electron chi connectivity index (χ4n) is 2.87. The van der Waals surface area contributed by atoms with Gasteiger partial charge in [-0.3, -0.25) is 4.90 Å². The van der Waals surface area contributed by atoms with Gasteiger partial charge in [-0.15, -0.1) is 0 Å². The van der Waals surface area contributed by atoms with Gasteiger partial charge in [-0.2, -0.15) is 11.8 Å². The Morgan fingerprint density at radius 1 is 1.44 bits per heavy atom. The van der Waals surface area contributed by atoms with Crippen LogP contribution < -0.4 is 5.73 Å². The Morgan fingerprint density at radius 2 is 2.19 bits per heavy atom. The molecule has 0 bridgehead atoms. The molecule has 94 valence electrons. The molecule has 2 fully saturated rings. The van der Waals surface area contributed by atoms with E-state index in [2.05, 4.69) is 30.5 Å². The monoisotopic (exact) mass is 242 g/mol. The Bertz CT molecular complexity index is 220. The molecule has 0 aromatic rings. The minimum absolute atomic E-state index is 0.305. The molecule has 1 heterocycles. The van der Waals surface area contributed by atoms with Crippen molar-refractivity contribution in [2.45, 2.75) is 51.1 Å². The van der Waals surface area contributed by atoms with Crippen LogP contribution in [0.3, 0.4) is 0 Å². The SMILES string of the molecule is CC(C)N(CC1CC1)C1(CN)CCCSC1. The summed E-state index contributed by atoms with van der Waals surface area (Å²) in [4.78, 5) is 2.72. The number of nitrogens with two attached hydrogens (primary N) is 1. The van der Waals surface area contributed by atoms with Crippen molar-refractivity contribution in [1.29, 1.82) is 0 Å². The molecule has 0 spiro atoms. The summed E-state index contributed by atoms with van der Waals surface area (Å²) in [6, 6.07) is 0.642. The first-order valence-electron chi connectivity index (χ1n) is 6.72. The lowest BCUT2D eigenvalue weighted by molar-refractivity contribution is 0.0643. The van der Waals surface area contributed by atoms with Crippen molar-refractivity contribution in [3.05, 3.63) is 0 Å². The maximum absolute atomic E-state index is 6.12. The van der Waals surface area contributed by atoms with Crippen molar-refractivity contribution in [3.8, 4) is 0 Å². The van der Waals surface area contributed by atoms with Crippen LogP contribution in [-0.2, 0) is 0 Å². The third-order valence-electron chi connectivity index (χ3n) is 4.07. The molecule has 1 saturated heterocycles. The van der Waals surface area contributed by atoms with Crippen LogP contribution in [0.2, 0.25) is 0 Å². The predicted octanol–water partition coefficient (Wildman–Crippen LogP) is 2.33. The van der Waals surface area contributed by atoms with E-state index in [-0.39, 0.29) is 0 Å². The molecule has 0 aromatic carbocycles. The van der Waals surface area contributed by atoms with Gasteiger partial charge in [-0.05, 0) is 51.2 Å². The zero-order valence-corrected chi connectivity index (χ0v) is 11.6. The van der Waals surface area contributed by atoms with Gasteiger partial charge in [0.25, 0.3) is 0 Å². The molecule has 1 unspecified atom stereocenters. The van der Waals surface area contributed by atoms with Gasteiger partial charge in [0, 0.05) is 30.4 Å². The molecule has 0 amide bonds. The number of thioether (sulfide) groups is 1. The van der Waals surface area contributed by atoms with Gasteiger partial charge in [0.05, 0.1) is 0 Å². The first-order chi connectivity index (χ1) is 7.68. The molecule has 2 N–H and O–H groups in total. The fraction of sp³-hybridized carbons (Fsp3) is 1.00. The van der Waals surface area contributed by atoms with Crippen LogP contribution in [0.5, 0.6) is 0 Å². The molecular formula is C13H26N2S. The van der Waals surface area contributed by atoms with Crippen molar-refractivity contribution < 1.29 is 0 Å². The number of rotatable bonds is 5. The predicted molar refractivity (Wildman–Crippen MR) is 72.9 cm³/mol. The van der Waals surface area contributed by atoms with Crippen molar-refractivity contribution in [2.24, 2.45) is 11.7 Å². The van der Waals surface area contributed by atoms with E-state index in [0.717, 1.165) is 12.5 Å². The molecule has 2 nitrogen and oxygen atoms in total. The van der Waals surface area contributed by atoms with E-state index in [1.165, 1.54) is 43.7 Å². The number of nitrogens with zero attached hydrogens (tertiary/aromatic N) is 1. The molecule has 1 aliphatic carbocycles. The highest BCUT2D eigenvalue weighted by Crippen LogP contribution is 2.37. The quantitative estimate of drug-likeness (QED) is 0.802. The second-order valence-corrected chi connectivity index (χ2v) is 6.88. The van der Waals surface area contributed by atoms with Gasteiger partial charge in [-0.25, -0.2) is 0 Å². The Labute approximate surface area is 104 Å². The highest BCUT2D eigenvalue weighted by molar-refractivity contribution is 7.99. The number of hydrogen-bond donors (Lipinski definition) is 1. The summed E-state index contributed by atoms with van der Waals surface area (Å²) in [7, 11) is 0. The maximum Gasteiger partial charge on any atom is 0.0425 e. The van der Waals surface area contributed by atoms with Crippen LogP contribution in [0.4, 0.5) is 0 Å². The second-order valence-electron chi connectivity index (χ2n) is 5.77. The van der Waals surface area contributed by atoms with E-state index in [1.54, 1.807) is 0 Å². The highest BCUT2D eigenvalue weighted by Gasteiger charge is 2.40. The lowest BCUT2D eigenvalue weighted by Crippen LogP contribution is -2.60. The van der Waals surface area contributed by atoms with Crippen molar-refractivity contribution in [1.82, 2.24) is 4.90 Å². The summed E-state index contributed by atoms with van der Waals surface area (Å²) in [6.07, 6.45) is 5.53. The Balaban J connectivity index is 2.06. The lowest BCUT2D eigenvalue weighted by Gasteiger charge is -2.48. The Kier molecular flexibility index (Phi) is 4.20. The molecule has 0 aromatic heterocycles. The van der Waals surface area contributed by atoms with E-state index in [9.17, 15) is 0 Å². The van der Waals surface area contributed by atoms with Gasteiger partial charge in [0.2, 0.25) is 0 Å². The van der Waals surface area contributed by atoms with Crippen LogP contribution in [0.1, 0.15) is 39.5 Å². The largest absolute Gasteiger partial charge is 0.329 e. The summed E-state index contributed by atoms with van der Waals surface area (Å²) in [5.41, 5.74) is 6.42. The van der Waals surface area contributed by atoms with Gasteiger partial charge in [-0.1, -0.05) is 0 Å². The average Bonchev–Trinajstić information content (AvgIpc) is 3.10. The van der Waals surface area contributed by atoms with Crippen molar-refractivity contribution in [2.75, 3.05) is 24.6 Å². The summed E-state index contributed by atoms with van der Waals surface area (Å²) < 4.78 is 0. The highest BCUT2D eigenvalue weighted by atomic mass is 32.2. The fourth-order valence-corrected chi connectivity index (χ4v) is 4.17. The zero-order chi connectivity index (χ0) is 11.6. The van der Waals surface area contributed by atoms with Crippen molar-refractivity contribution in [3.63, 3.8) is 0 Å². The minimum Gasteiger partial charge on any atom is -0.329 e. The summed E-state index contributed by atoms with van der Waals surface area (Å²) >= 11 is 2.10. The summed E-state index contributed by atoms with van der Waals surface area (Å²) in [5.74, 6) is 3.55. The Morgan fingerprint density at radius 3 is 2.62 bits per heavy atom. The van der Waals surface area contributed by atoms with Crippen LogP contribution in [-0.4, -0.2) is 41.1 Å². The average molecular weight is 242 g/mol. The van der Waals surface area contributed by atoms with E-state index in [0.29, 0.717) is 11.6 Å². The van der Waals surface area contributed by atoms with E-state index < -0.39 is 0 Å². The summed E-state index contributed by atoms with van der Waals surface area (Å²) in [6.45, 7) is 6.79. The standard InChI is InChI=1S/C13H26N2S/c1-11(2)15(8-12-4-5-12)13(9-14)6-3-7-16-10-13/h11-12H,3-10,14H2,1-2H3. The lowest BCUT2D eigenvalue weighted by atomic mass is 9.91. The molecule has 1 aliphatic heterocycles. The molecule has 2 aliphatic rings. The smallest absolute Gasteiger partial charge is 0.0425 e. The first kappa shape index (κ1) is 12.7. The molecule has 16 heavy (non-hydrogen) atoms. The maximum atomic E-state index is 6.12. The van der Waals surface area contributed by atoms with E-state index in [1.807, 2.05) is 0 Å². The number of hydrogen-bond acceptors (Lipinski definition) is 3. The third-order valence-corrected chi connectivity index (χ3v) is 5.38. The summed E-state index contributed by atoms with van der Waals surface area (Å²) in [5, 5.41) is 0. The van der Waals surface area contributed by atoms with Crippen LogP contribution >= 0.6 is 11.8 Å². The molecular weight excluding hydrogens is 216 g/mol. The van der Waals surface area contributed by atoms with Gasteiger partial charge in [0.1, 0.15) is 0 Å². The second kappa shape index (κ2) is 5.28. The zero-order valence-electron chi connectivity index (χ0n) is 10.7. The van der Waals surface area contributed by atoms with Crippen LogP contribution in [0.25, 0.3) is 0 Å². The topological polar surface area (TPSA) is 29.3 Å². The third kappa shape index (κ3) is 2.74. The first-order valence-corrected chi connectivity index (χ1v) is 7.88. The normalized spacial score (nSPS) is 31.3. The molecule has 2 rings (SSSR count). The minimum atomic E-state index is 0.305. The van der Waals surface area contributed by atoms with Crippen LogP contribution in [0, 0.1) is 5.92 Å². The van der Waals surface area contributed by atoms with Gasteiger partial charge in [0.15, 0.2) is 0 Å². The molecule has 0 radical (unpaired) electrons. The molecule has 1 atom stereocenters.